The molecule has 78 valence electrons. The second-order valence-electron chi connectivity index (χ2n) is 4.90. The molecule has 3 nitrogen and oxygen atoms in total. The van der Waals surface area contributed by atoms with E-state index in [0.717, 1.165) is 0 Å². The number of benzene rings is 1. The number of ether oxygens (including phenoxy) is 1. The van der Waals surface area contributed by atoms with Crippen LogP contribution in [-0.2, 0) is 25.7 Å². The summed E-state index contributed by atoms with van der Waals surface area (Å²) >= 11 is 0. The Kier molecular flexibility index (Phi) is 1.17. The summed E-state index contributed by atoms with van der Waals surface area (Å²) in [5, 5.41) is 0. The standard InChI is InChI=1S/C12H12O3/c1-11-7-5-3-4-6-8(7)12(2,15-14-11)10-9(11)13-10/h3-6,9-10H,1-2H3/t9-,10-,11-,12+/m0/s1. The number of hydrogen-bond donors (Lipinski definition) is 0. The maximum Gasteiger partial charge on any atom is 0.155 e. The molecule has 3 heterocycles. The minimum Gasteiger partial charge on any atom is -0.362 e. The van der Waals surface area contributed by atoms with Crippen molar-refractivity contribution in [3.8, 4) is 0 Å². The lowest BCUT2D eigenvalue weighted by molar-refractivity contribution is -0.445. The highest BCUT2D eigenvalue weighted by atomic mass is 17.2. The number of epoxide rings is 1. The van der Waals surface area contributed by atoms with Gasteiger partial charge in [-0.05, 0) is 25.0 Å². The van der Waals surface area contributed by atoms with Crippen LogP contribution in [0, 0.1) is 0 Å². The predicted octanol–water partition coefficient (Wildman–Crippen LogP) is 1.86. The van der Waals surface area contributed by atoms with Crippen LogP contribution in [0.4, 0.5) is 0 Å². The highest BCUT2D eigenvalue weighted by Gasteiger charge is 2.72. The third-order valence-electron chi connectivity index (χ3n) is 3.96. The van der Waals surface area contributed by atoms with Gasteiger partial charge >= 0.3 is 0 Å². The fourth-order valence-corrected chi connectivity index (χ4v) is 2.96. The van der Waals surface area contributed by atoms with Gasteiger partial charge in [-0.2, -0.15) is 0 Å². The number of rotatable bonds is 0. The minimum atomic E-state index is -0.418. The maximum atomic E-state index is 5.70. The first-order valence-electron chi connectivity index (χ1n) is 5.28. The molecule has 0 amide bonds. The minimum absolute atomic E-state index is 0.158. The molecule has 2 bridgehead atoms. The predicted molar refractivity (Wildman–Crippen MR) is 52.0 cm³/mol. The van der Waals surface area contributed by atoms with E-state index in [1.807, 2.05) is 26.0 Å². The largest absolute Gasteiger partial charge is 0.362 e. The first-order valence-corrected chi connectivity index (χ1v) is 5.28. The fraction of sp³-hybridized carbons (Fsp3) is 0.500. The van der Waals surface area contributed by atoms with Crippen LogP contribution in [0.5, 0.6) is 0 Å². The Bertz CT molecular complexity index is 417. The molecule has 0 spiro atoms. The third-order valence-corrected chi connectivity index (χ3v) is 3.96. The summed E-state index contributed by atoms with van der Waals surface area (Å²) in [5.41, 5.74) is 1.58. The van der Waals surface area contributed by atoms with Gasteiger partial charge in [0.05, 0.1) is 0 Å². The summed E-state index contributed by atoms with van der Waals surface area (Å²) < 4.78 is 5.70. The van der Waals surface area contributed by atoms with Gasteiger partial charge in [0.25, 0.3) is 0 Å². The summed E-state index contributed by atoms with van der Waals surface area (Å²) in [6.45, 7) is 4.07. The van der Waals surface area contributed by atoms with Crippen molar-refractivity contribution in [2.75, 3.05) is 0 Å². The Morgan fingerprint density at radius 2 is 1.40 bits per heavy atom. The zero-order valence-electron chi connectivity index (χ0n) is 8.69. The highest BCUT2D eigenvalue weighted by molar-refractivity contribution is 5.45. The molecule has 15 heavy (non-hydrogen) atoms. The van der Waals surface area contributed by atoms with Gasteiger partial charge in [0, 0.05) is 0 Å². The van der Waals surface area contributed by atoms with E-state index >= 15 is 0 Å². The molecule has 0 N–H and O–H groups in total. The molecular formula is C12H12O3. The Labute approximate surface area is 87.9 Å². The molecule has 0 unspecified atom stereocenters. The van der Waals surface area contributed by atoms with Crippen LogP contribution in [0.3, 0.4) is 0 Å². The van der Waals surface area contributed by atoms with Crippen LogP contribution in [0.15, 0.2) is 24.3 Å². The summed E-state index contributed by atoms with van der Waals surface area (Å²) in [5.74, 6) is 0. The lowest BCUT2D eigenvalue weighted by atomic mass is 9.72. The van der Waals surface area contributed by atoms with E-state index < -0.39 is 11.2 Å². The molecule has 0 radical (unpaired) electrons. The van der Waals surface area contributed by atoms with Crippen molar-refractivity contribution in [2.45, 2.75) is 37.3 Å². The summed E-state index contributed by atoms with van der Waals surface area (Å²) in [6, 6.07) is 8.28. The molecule has 1 aliphatic carbocycles. The normalized spacial score (nSPS) is 49.7. The number of fused-ring (bicyclic) bond motifs is 1. The molecule has 0 aromatic heterocycles. The fourth-order valence-electron chi connectivity index (χ4n) is 2.96. The van der Waals surface area contributed by atoms with Gasteiger partial charge in [0.15, 0.2) is 11.2 Å². The lowest BCUT2D eigenvalue weighted by Gasteiger charge is -2.46. The first-order chi connectivity index (χ1) is 7.16. The van der Waals surface area contributed by atoms with Gasteiger partial charge in [0.2, 0.25) is 0 Å². The third kappa shape index (κ3) is 0.728. The summed E-state index contributed by atoms with van der Waals surface area (Å²) in [4.78, 5) is 11.0. The molecule has 1 aromatic rings. The van der Waals surface area contributed by atoms with Crippen LogP contribution in [0.1, 0.15) is 25.0 Å². The Balaban J connectivity index is 2.07. The Morgan fingerprint density at radius 3 is 1.87 bits per heavy atom. The van der Waals surface area contributed by atoms with Crippen molar-refractivity contribution in [2.24, 2.45) is 0 Å². The van der Waals surface area contributed by atoms with Crippen LogP contribution < -0.4 is 0 Å². The van der Waals surface area contributed by atoms with E-state index in [4.69, 9.17) is 14.5 Å². The zero-order chi connectivity index (χ0) is 10.3. The lowest BCUT2D eigenvalue weighted by Crippen LogP contribution is -2.54. The quantitative estimate of drug-likeness (QED) is 0.477. The molecule has 2 fully saturated rings. The topological polar surface area (TPSA) is 31.0 Å². The molecule has 3 heteroatoms. The SMILES string of the molecule is C[C@]12OO[C@](C)(c3ccccc31)[C@H]1O[C@@H]12. The molecule has 1 aromatic carbocycles. The first kappa shape index (κ1) is 8.28. The van der Waals surface area contributed by atoms with E-state index in [0.29, 0.717) is 0 Å². The van der Waals surface area contributed by atoms with E-state index in [-0.39, 0.29) is 12.2 Å². The second kappa shape index (κ2) is 2.12. The summed E-state index contributed by atoms with van der Waals surface area (Å²) in [7, 11) is 0. The van der Waals surface area contributed by atoms with Crippen molar-refractivity contribution in [1.29, 1.82) is 0 Å². The molecule has 4 aliphatic rings. The second-order valence-corrected chi connectivity index (χ2v) is 4.90. The molecule has 3 aliphatic heterocycles. The van der Waals surface area contributed by atoms with E-state index in [1.165, 1.54) is 11.1 Å². The molecule has 4 atom stereocenters. The van der Waals surface area contributed by atoms with E-state index in [1.54, 1.807) is 0 Å². The van der Waals surface area contributed by atoms with Crippen LogP contribution >= 0.6 is 0 Å². The van der Waals surface area contributed by atoms with Crippen molar-refractivity contribution in [3.63, 3.8) is 0 Å². The monoisotopic (exact) mass is 204 g/mol. The molecule has 0 saturated carbocycles. The maximum absolute atomic E-state index is 5.70. The van der Waals surface area contributed by atoms with Crippen LogP contribution in [0.2, 0.25) is 0 Å². The number of hydrogen-bond acceptors (Lipinski definition) is 3. The van der Waals surface area contributed by atoms with Gasteiger partial charge in [-0.25, -0.2) is 9.78 Å². The van der Waals surface area contributed by atoms with Gasteiger partial charge < -0.3 is 4.74 Å². The van der Waals surface area contributed by atoms with Crippen molar-refractivity contribution in [1.82, 2.24) is 0 Å². The van der Waals surface area contributed by atoms with Gasteiger partial charge in [-0.1, -0.05) is 24.3 Å². The van der Waals surface area contributed by atoms with Gasteiger partial charge in [-0.3, -0.25) is 0 Å². The van der Waals surface area contributed by atoms with Crippen LogP contribution in [0.25, 0.3) is 0 Å². The van der Waals surface area contributed by atoms with Crippen molar-refractivity contribution >= 4 is 0 Å². The van der Waals surface area contributed by atoms with Gasteiger partial charge in [-0.15, -0.1) is 0 Å². The van der Waals surface area contributed by atoms with E-state index in [2.05, 4.69) is 12.1 Å². The van der Waals surface area contributed by atoms with Crippen molar-refractivity contribution < 1.29 is 14.5 Å². The smallest absolute Gasteiger partial charge is 0.155 e. The Morgan fingerprint density at radius 1 is 0.933 bits per heavy atom. The van der Waals surface area contributed by atoms with Crippen molar-refractivity contribution in [3.05, 3.63) is 35.4 Å². The average Bonchev–Trinajstić information content (AvgIpc) is 3.05. The van der Waals surface area contributed by atoms with E-state index in [9.17, 15) is 0 Å². The van der Waals surface area contributed by atoms with Gasteiger partial charge in [0.1, 0.15) is 12.2 Å². The summed E-state index contributed by atoms with van der Waals surface area (Å²) in [6.07, 6.45) is 0.317. The highest BCUT2D eigenvalue weighted by Crippen LogP contribution is 2.61. The zero-order valence-corrected chi connectivity index (χ0v) is 8.69. The van der Waals surface area contributed by atoms with Crippen LogP contribution in [-0.4, -0.2) is 12.2 Å². The molecular weight excluding hydrogens is 192 g/mol. The average molecular weight is 204 g/mol. The molecule has 2 saturated heterocycles. The molecule has 5 rings (SSSR count). The Hall–Kier alpha value is -0.900.